The Kier molecular flexibility index (Phi) is 6.19. The van der Waals surface area contributed by atoms with Crippen LogP contribution in [0.25, 0.3) is 10.2 Å². The monoisotopic (exact) mass is 395 g/mol. The van der Waals surface area contributed by atoms with Crippen molar-refractivity contribution in [3.05, 3.63) is 54.1 Å². The fraction of sp³-hybridized carbons (Fsp3) is 0.364. The van der Waals surface area contributed by atoms with Crippen molar-refractivity contribution in [1.82, 2.24) is 15.2 Å². The third-order valence-electron chi connectivity index (χ3n) is 5.32. The fourth-order valence-electron chi connectivity index (χ4n) is 3.64. The van der Waals surface area contributed by atoms with Crippen LogP contribution >= 0.6 is 11.3 Å². The van der Waals surface area contributed by atoms with Gasteiger partial charge in [-0.3, -0.25) is 4.79 Å². The number of hydrogen-bond acceptors (Lipinski definition) is 5. The molecule has 5 nitrogen and oxygen atoms in total. The van der Waals surface area contributed by atoms with E-state index in [0.29, 0.717) is 11.1 Å². The number of amides is 1. The lowest BCUT2D eigenvalue weighted by molar-refractivity contribution is -0.109. The van der Waals surface area contributed by atoms with Crippen LogP contribution < -0.4 is 10.1 Å². The summed E-state index contributed by atoms with van der Waals surface area (Å²) in [5.41, 5.74) is 2.30. The number of nitrogens with zero attached hydrogens (tertiary/aromatic N) is 2. The molecule has 2 heterocycles. The second kappa shape index (κ2) is 9.17. The number of rotatable bonds is 8. The highest BCUT2D eigenvalue weighted by Crippen LogP contribution is 2.31. The quantitative estimate of drug-likeness (QED) is 0.584. The minimum Gasteiger partial charge on any atom is -0.431 e. The second-order valence-corrected chi connectivity index (χ2v) is 8.25. The van der Waals surface area contributed by atoms with Gasteiger partial charge < -0.3 is 15.0 Å². The van der Waals surface area contributed by atoms with Gasteiger partial charge in [-0.15, -0.1) is 0 Å². The standard InChI is InChI=1S/C22H25N3O2S/c26-16-23-15-18-10-13-25(14-11-18)12-9-17-5-7-19(8-6-17)27-22-24-20-3-1-2-4-21(20)28-22/h1-8,16,18H,9-15H2,(H,23,26). The third-order valence-corrected chi connectivity index (χ3v) is 6.23. The zero-order valence-corrected chi connectivity index (χ0v) is 16.7. The van der Waals surface area contributed by atoms with E-state index in [1.54, 1.807) is 11.3 Å². The topological polar surface area (TPSA) is 54.5 Å². The molecule has 6 heteroatoms. The molecular formula is C22H25N3O2S. The summed E-state index contributed by atoms with van der Waals surface area (Å²) in [6.45, 7) is 4.12. The Morgan fingerprint density at radius 1 is 1.14 bits per heavy atom. The SMILES string of the molecule is O=CNCC1CCN(CCc2ccc(Oc3nc4ccccc4s3)cc2)CC1. The number of ether oxygens (including phenoxy) is 1. The van der Waals surface area contributed by atoms with Gasteiger partial charge in [0.2, 0.25) is 6.41 Å². The van der Waals surface area contributed by atoms with Gasteiger partial charge in [0.05, 0.1) is 10.2 Å². The fourth-order valence-corrected chi connectivity index (χ4v) is 4.47. The first-order valence-electron chi connectivity index (χ1n) is 9.82. The number of likely N-dealkylation sites (tertiary alicyclic amines) is 1. The first kappa shape index (κ1) is 18.9. The van der Waals surface area contributed by atoms with E-state index in [-0.39, 0.29) is 0 Å². The molecule has 1 aromatic heterocycles. The number of benzene rings is 2. The summed E-state index contributed by atoms with van der Waals surface area (Å²) in [6, 6.07) is 16.4. The van der Waals surface area contributed by atoms with Crippen molar-refractivity contribution in [3.63, 3.8) is 0 Å². The van der Waals surface area contributed by atoms with E-state index in [4.69, 9.17) is 4.74 Å². The van der Waals surface area contributed by atoms with Crippen LogP contribution in [-0.2, 0) is 11.2 Å². The van der Waals surface area contributed by atoms with Gasteiger partial charge in [-0.05, 0) is 68.1 Å². The number of carbonyl (C=O) groups is 1. The molecule has 1 N–H and O–H groups in total. The van der Waals surface area contributed by atoms with Crippen molar-refractivity contribution in [1.29, 1.82) is 0 Å². The van der Waals surface area contributed by atoms with Gasteiger partial charge in [-0.1, -0.05) is 35.6 Å². The molecule has 2 aromatic carbocycles. The van der Waals surface area contributed by atoms with E-state index in [1.807, 2.05) is 30.3 Å². The first-order valence-corrected chi connectivity index (χ1v) is 10.6. The largest absolute Gasteiger partial charge is 0.431 e. The second-order valence-electron chi connectivity index (χ2n) is 7.25. The summed E-state index contributed by atoms with van der Waals surface area (Å²) in [5.74, 6) is 1.45. The number of aromatic nitrogens is 1. The number of para-hydroxylation sites is 1. The number of fused-ring (bicyclic) bond motifs is 1. The maximum Gasteiger partial charge on any atom is 0.279 e. The van der Waals surface area contributed by atoms with Crippen LogP contribution in [0.5, 0.6) is 10.9 Å². The highest BCUT2D eigenvalue weighted by atomic mass is 32.1. The van der Waals surface area contributed by atoms with Crippen molar-refractivity contribution >= 4 is 28.0 Å². The molecule has 146 valence electrons. The normalized spacial score (nSPS) is 15.6. The van der Waals surface area contributed by atoms with E-state index >= 15 is 0 Å². The molecule has 0 saturated carbocycles. The van der Waals surface area contributed by atoms with Gasteiger partial charge in [0.1, 0.15) is 5.75 Å². The number of hydrogen-bond donors (Lipinski definition) is 1. The Hall–Kier alpha value is -2.44. The average Bonchev–Trinajstić information content (AvgIpc) is 3.15. The lowest BCUT2D eigenvalue weighted by atomic mass is 9.96. The lowest BCUT2D eigenvalue weighted by Crippen LogP contribution is -2.38. The van der Waals surface area contributed by atoms with Crippen LogP contribution in [-0.4, -0.2) is 42.5 Å². The number of thiazole rings is 1. The number of piperidine rings is 1. The van der Waals surface area contributed by atoms with Gasteiger partial charge in [0.25, 0.3) is 5.19 Å². The third kappa shape index (κ3) is 4.88. The Morgan fingerprint density at radius 3 is 2.68 bits per heavy atom. The highest BCUT2D eigenvalue weighted by molar-refractivity contribution is 7.20. The van der Waals surface area contributed by atoms with Crippen LogP contribution in [0.3, 0.4) is 0 Å². The van der Waals surface area contributed by atoms with Crippen LogP contribution in [0.15, 0.2) is 48.5 Å². The zero-order chi connectivity index (χ0) is 19.2. The molecule has 0 bridgehead atoms. The van der Waals surface area contributed by atoms with E-state index in [1.165, 1.54) is 5.56 Å². The molecule has 0 unspecified atom stereocenters. The van der Waals surface area contributed by atoms with Crippen LogP contribution in [0.1, 0.15) is 18.4 Å². The molecule has 1 aliphatic rings. The van der Waals surface area contributed by atoms with Crippen LogP contribution in [0, 0.1) is 5.92 Å². The molecule has 1 amide bonds. The molecule has 0 radical (unpaired) electrons. The molecule has 1 saturated heterocycles. The summed E-state index contributed by atoms with van der Waals surface area (Å²) in [6.07, 6.45) is 4.17. The van der Waals surface area contributed by atoms with E-state index in [0.717, 1.165) is 67.8 Å². The molecule has 28 heavy (non-hydrogen) atoms. The summed E-state index contributed by atoms with van der Waals surface area (Å²) in [7, 11) is 0. The van der Waals surface area contributed by atoms with Crippen LogP contribution in [0.4, 0.5) is 0 Å². The van der Waals surface area contributed by atoms with Gasteiger partial charge in [-0.25, -0.2) is 4.98 Å². The molecule has 0 spiro atoms. The Morgan fingerprint density at radius 2 is 1.93 bits per heavy atom. The number of nitrogens with one attached hydrogen (secondary N) is 1. The van der Waals surface area contributed by atoms with Gasteiger partial charge in [0.15, 0.2) is 0 Å². The molecule has 0 aliphatic carbocycles. The van der Waals surface area contributed by atoms with E-state index in [9.17, 15) is 4.79 Å². The predicted molar refractivity (Wildman–Crippen MR) is 113 cm³/mol. The maximum atomic E-state index is 10.4. The first-order chi connectivity index (χ1) is 13.8. The Bertz CT molecular complexity index is 869. The van der Waals surface area contributed by atoms with Gasteiger partial charge >= 0.3 is 0 Å². The minimum absolute atomic E-state index is 0.625. The van der Waals surface area contributed by atoms with Crippen molar-refractivity contribution in [2.45, 2.75) is 19.3 Å². The minimum atomic E-state index is 0.625. The summed E-state index contributed by atoms with van der Waals surface area (Å²) in [4.78, 5) is 17.4. The molecular weight excluding hydrogens is 370 g/mol. The average molecular weight is 396 g/mol. The summed E-state index contributed by atoms with van der Waals surface area (Å²) in [5, 5.41) is 3.49. The predicted octanol–water partition coefficient (Wildman–Crippen LogP) is 4.09. The van der Waals surface area contributed by atoms with Crippen molar-refractivity contribution in [2.75, 3.05) is 26.2 Å². The van der Waals surface area contributed by atoms with Crippen LogP contribution in [0.2, 0.25) is 0 Å². The van der Waals surface area contributed by atoms with Crippen molar-refractivity contribution in [2.24, 2.45) is 5.92 Å². The highest BCUT2D eigenvalue weighted by Gasteiger charge is 2.18. The van der Waals surface area contributed by atoms with Crippen molar-refractivity contribution < 1.29 is 9.53 Å². The smallest absolute Gasteiger partial charge is 0.279 e. The van der Waals surface area contributed by atoms with E-state index < -0.39 is 0 Å². The number of carbonyl (C=O) groups excluding carboxylic acids is 1. The molecule has 3 aromatic rings. The van der Waals surface area contributed by atoms with Gasteiger partial charge in [-0.2, -0.15) is 0 Å². The lowest BCUT2D eigenvalue weighted by Gasteiger charge is -2.31. The van der Waals surface area contributed by atoms with Gasteiger partial charge in [0, 0.05) is 13.1 Å². The molecule has 0 atom stereocenters. The summed E-state index contributed by atoms with van der Waals surface area (Å²) < 4.78 is 7.06. The van der Waals surface area contributed by atoms with E-state index in [2.05, 4.69) is 33.4 Å². The Labute approximate surface area is 169 Å². The van der Waals surface area contributed by atoms with Crippen molar-refractivity contribution in [3.8, 4) is 10.9 Å². The zero-order valence-electron chi connectivity index (χ0n) is 15.8. The molecule has 1 aliphatic heterocycles. The molecule has 1 fully saturated rings. The summed E-state index contributed by atoms with van der Waals surface area (Å²) >= 11 is 1.57. The molecule has 4 rings (SSSR count). The Balaban J connectivity index is 1.25. The maximum absolute atomic E-state index is 10.4.